The third kappa shape index (κ3) is 2.42. The van der Waals surface area contributed by atoms with Crippen LogP contribution in [0.1, 0.15) is 25.1 Å². The molecule has 1 N–H and O–H groups in total. The lowest BCUT2D eigenvalue weighted by Crippen LogP contribution is -2.29. The second-order valence-corrected chi connectivity index (χ2v) is 4.35. The molecule has 78 valence electrons. The van der Waals surface area contributed by atoms with Crippen LogP contribution in [0.2, 0.25) is 0 Å². The van der Waals surface area contributed by atoms with Crippen molar-refractivity contribution in [3.8, 4) is 0 Å². The van der Waals surface area contributed by atoms with Gasteiger partial charge in [0.15, 0.2) is 5.82 Å². The van der Waals surface area contributed by atoms with Gasteiger partial charge in [-0.15, -0.1) is 0 Å². The van der Waals surface area contributed by atoms with E-state index in [0.717, 1.165) is 17.5 Å². The van der Waals surface area contributed by atoms with Crippen LogP contribution in [0.25, 0.3) is 0 Å². The van der Waals surface area contributed by atoms with Crippen molar-refractivity contribution >= 4 is 16.7 Å². The molecular formula is C9H16N4S. The molecule has 0 atom stereocenters. The molecule has 14 heavy (non-hydrogen) atoms. The van der Waals surface area contributed by atoms with Gasteiger partial charge in [-0.2, -0.15) is 4.37 Å². The van der Waals surface area contributed by atoms with Crippen molar-refractivity contribution in [1.29, 1.82) is 0 Å². The number of piperidine rings is 1. The van der Waals surface area contributed by atoms with Gasteiger partial charge in [-0.25, -0.2) is 4.98 Å². The third-order valence-corrected chi connectivity index (χ3v) is 3.27. The molecule has 1 fully saturated rings. The van der Waals surface area contributed by atoms with Crippen LogP contribution >= 0.6 is 11.5 Å². The first-order chi connectivity index (χ1) is 6.88. The highest BCUT2D eigenvalue weighted by atomic mass is 32.1. The smallest absolute Gasteiger partial charge is 0.202 e. The van der Waals surface area contributed by atoms with Crippen LogP contribution in [0.15, 0.2) is 0 Å². The molecule has 0 amide bonds. The average molecular weight is 212 g/mol. The Morgan fingerprint density at radius 3 is 2.79 bits per heavy atom. The van der Waals surface area contributed by atoms with Gasteiger partial charge in [-0.3, -0.25) is 4.90 Å². The molecule has 0 aliphatic carbocycles. The summed E-state index contributed by atoms with van der Waals surface area (Å²) < 4.78 is 4.31. The Labute approximate surface area is 88.5 Å². The van der Waals surface area contributed by atoms with Gasteiger partial charge in [0.25, 0.3) is 0 Å². The molecule has 1 aliphatic heterocycles. The second kappa shape index (κ2) is 4.70. The number of hydrogen-bond donors (Lipinski definition) is 1. The van der Waals surface area contributed by atoms with Gasteiger partial charge < -0.3 is 5.32 Å². The fourth-order valence-electron chi connectivity index (χ4n) is 1.74. The van der Waals surface area contributed by atoms with Gasteiger partial charge in [0.05, 0.1) is 6.54 Å². The summed E-state index contributed by atoms with van der Waals surface area (Å²) in [5.41, 5.74) is 0. The number of nitrogens with zero attached hydrogens (tertiary/aromatic N) is 3. The Bertz CT molecular complexity index is 280. The largest absolute Gasteiger partial charge is 0.363 e. The highest BCUT2D eigenvalue weighted by Crippen LogP contribution is 2.14. The monoisotopic (exact) mass is 212 g/mol. The minimum absolute atomic E-state index is 0.914. The van der Waals surface area contributed by atoms with E-state index < -0.39 is 0 Å². The molecule has 2 rings (SSSR count). The maximum Gasteiger partial charge on any atom is 0.202 e. The Kier molecular flexibility index (Phi) is 3.31. The van der Waals surface area contributed by atoms with E-state index in [0.29, 0.717) is 0 Å². The molecule has 4 nitrogen and oxygen atoms in total. The molecule has 0 saturated carbocycles. The van der Waals surface area contributed by atoms with Crippen molar-refractivity contribution in [3.05, 3.63) is 5.82 Å². The van der Waals surface area contributed by atoms with Gasteiger partial charge in [0.2, 0.25) is 5.13 Å². The predicted molar refractivity (Wildman–Crippen MR) is 58.6 cm³/mol. The van der Waals surface area contributed by atoms with Crippen LogP contribution in [0.5, 0.6) is 0 Å². The molecule has 1 aromatic heterocycles. The number of aromatic nitrogens is 2. The highest BCUT2D eigenvalue weighted by Gasteiger charge is 2.12. The lowest BCUT2D eigenvalue weighted by atomic mass is 10.1. The first-order valence-corrected chi connectivity index (χ1v) is 5.88. The fraction of sp³-hybridized carbons (Fsp3) is 0.778. The van der Waals surface area contributed by atoms with Gasteiger partial charge in [-0.05, 0) is 25.9 Å². The Morgan fingerprint density at radius 2 is 2.14 bits per heavy atom. The van der Waals surface area contributed by atoms with E-state index in [2.05, 4.69) is 19.6 Å². The molecule has 1 saturated heterocycles. The summed E-state index contributed by atoms with van der Waals surface area (Å²) in [6.07, 6.45) is 4.02. The van der Waals surface area contributed by atoms with Crippen LogP contribution in [-0.4, -0.2) is 34.4 Å². The van der Waals surface area contributed by atoms with Gasteiger partial charge in [0.1, 0.15) is 0 Å². The average Bonchev–Trinajstić information content (AvgIpc) is 2.67. The summed E-state index contributed by atoms with van der Waals surface area (Å²) >= 11 is 1.44. The van der Waals surface area contributed by atoms with Crippen molar-refractivity contribution in [1.82, 2.24) is 14.3 Å². The maximum absolute atomic E-state index is 4.38. The molecule has 0 aromatic carbocycles. The number of likely N-dealkylation sites (tertiary alicyclic amines) is 1. The first-order valence-electron chi connectivity index (χ1n) is 5.11. The molecule has 0 unspecified atom stereocenters. The van der Waals surface area contributed by atoms with E-state index >= 15 is 0 Å². The van der Waals surface area contributed by atoms with Crippen molar-refractivity contribution in [3.63, 3.8) is 0 Å². The minimum atomic E-state index is 0.914. The number of nitrogens with one attached hydrogen (secondary N) is 1. The lowest BCUT2D eigenvalue weighted by molar-refractivity contribution is 0.217. The molecular weight excluding hydrogens is 196 g/mol. The topological polar surface area (TPSA) is 41.1 Å². The van der Waals surface area contributed by atoms with Crippen molar-refractivity contribution in [2.45, 2.75) is 25.8 Å². The number of hydrogen-bond acceptors (Lipinski definition) is 5. The fourth-order valence-corrected chi connectivity index (χ4v) is 2.27. The molecule has 0 bridgehead atoms. The van der Waals surface area contributed by atoms with Crippen LogP contribution in [0.3, 0.4) is 0 Å². The minimum Gasteiger partial charge on any atom is -0.363 e. The lowest BCUT2D eigenvalue weighted by Gasteiger charge is -2.24. The van der Waals surface area contributed by atoms with Crippen LogP contribution in [0.4, 0.5) is 5.13 Å². The van der Waals surface area contributed by atoms with Crippen LogP contribution in [-0.2, 0) is 6.54 Å². The van der Waals surface area contributed by atoms with Crippen LogP contribution < -0.4 is 5.32 Å². The third-order valence-electron chi connectivity index (χ3n) is 2.50. The number of anilines is 1. The normalized spacial score (nSPS) is 18.4. The molecule has 0 spiro atoms. The van der Waals surface area contributed by atoms with Crippen LogP contribution in [0, 0.1) is 0 Å². The van der Waals surface area contributed by atoms with Crippen molar-refractivity contribution < 1.29 is 0 Å². The summed E-state index contributed by atoms with van der Waals surface area (Å²) in [5.74, 6) is 0.959. The molecule has 1 aromatic rings. The molecule has 2 heterocycles. The van der Waals surface area contributed by atoms with E-state index in [4.69, 9.17) is 0 Å². The summed E-state index contributed by atoms with van der Waals surface area (Å²) in [7, 11) is 1.88. The molecule has 0 radical (unpaired) electrons. The zero-order valence-electron chi connectivity index (χ0n) is 8.49. The maximum atomic E-state index is 4.38. The molecule has 5 heteroatoms. The standard InChI is InChI=1S/C9H16N4S/c1-10-9-11-8(12-14-9)7-13-5-3-2-4-6-13/h2-7H2,1H3,(H,10,11,12). The Hall–Kier alpha value is -0.680. The van der Waals surface area contributed by atoms with Gasteiger partial charge >= 0.3 is 0 Å². The first kappa shape index (κ1) is 9.86. The van der Waals surface area contributed by atoms with E-state index in [-0.39, 0.29) is 0 Å². The quantitative estimate of drug-likeness (QED) is 0.825. The summed E-state index contributed by atoms with van der Waals surface area (Å²) in [6.45, 7) is 3.32. The summed E-state index contributed by atoms with van der Waals surface area (Å²) in [6, 6.07) is 0. The Morgan fingerprint density at radius 1 is 1.36 bits per heavy atom. The number of rotatable bonds is 3. The summed E-state index contributed by atoms with van der Waals surface area (Å²) in [4.78, 5) is 6.81. The SMILES string of the molecule is CNc1nc(CN2CCCCC2)ns1. The van der Waals surface area contributed by atoms with Crippen molar-refractivity contribution in [2.75, 3.05) is 25.5 Å². The van der Waals surface area contributed by atoms with E-state index in [1.807, 2.05) is 7.05 Å². The van der Waals surface area contributed by atoms with E-state index in [1.54, 1.807) is 0 Å². The zero-order chi connectivity index (χ0) is 9.80. The van der Waals surface area contributed by atoms with Gasteiger partial charge in [-0.1, -0.05) is 6.42 Å². The highest BCUT2D eigenvalue weighted by molar-refractivity contribution is 7.09. The zero-order valence-corrected chi connectivity index (χ0v) is 9.31. The summed E-state index contributed by atoms with van der Waals surface area (Å²) in [5, 5.41) is 3.92. The van der Waals surface area contributed by atoms with Gasteiger partial charge in [0, 0.05) is 18.6 Å². The van der Waals surface area contributed by atoms with E-state index in [9.17, 15) is 0 Å². The van der Waals surface area contributed by atoms with E-state index in [1.165, 1.54) is 43.9 Å². The second-order valence-electron chi connectivity index (χ2n) is 3.60. The molecule has 1 aliphatic rings. The Balaban J connectivity index is 1.89. The predicted octanol–water partition coefficient (Wildman–Crippen LogP) is 1.57. The van der Waals surface area contributed by atoms with Crippen molar-refractivity contribution in [2.24, 2.45) is 0 Å².